The third-order valence-electron chi connectivity index (χ3n) is 5.90. The first-order chi connectivity index (χ1) is 15.4. The van der Waals surface area contributed by atoms with E-state index in [4.69, 9.17) is 14.1 Å². The maximum Gasteiger partial charge on any atom is 0.191 e. The van der Waals surface area contributed by atoms with Crippen molar-refractivity contribution in [2.45, 2.75) is 25.3 Å². The van der Waals surface area contributed by atoms with E-state index in [9.17, 15) is 0 Å². The smallest absolute Gasteiger partial charge is 0.191 e. The van der Waals surface area contributed by atoms with E-state index in [2.05, 4.69) is 50.8 Å². The molecule has 0 radical (unpaired) electrons. The van der Waals surface area contributed by atoms with Gasteiger partial charge in [0.25, 0.3) is 0 Å². The van der Waals surface area contributed by atoms with Gasteiger partial charge in [-0.25, -0.2) is 0 Å². The van der Waals surface area contributed by atoms with Gasteiger partial charge >= 0.3 is 0 Å². The lowest BCUT2D eigenvalue weighted by atomic mass is 10.2. The normalized spacial score (nSPS) is 20.2. The summed E-state index contributed by atoms with van der Waals surface area (Å²) in [6.07, 6.45) is 4.75. The summed E-state index contributed by atoms with van der Waals surface area (Å²) < 4.78 is 10.9. The van der Waals surface area contributed by atoms with E-state index in [1.807, 2.05) is 12.1 Å². The SMILES string of the molecule is c1ccc(N2CCC(NC(=NCCCN3CCOCC3)NCCc3ccco3)C2)cc1. The molecule has 1 unspecified atom stereocenters. The molecule has 2 fully saturated rings. The van der Waals surface area contributed by atoms with E-state index in [1.54, 1.807) is 6.26 Å². The van der Waals surface area contributed by atoms with Crippen molar-refractivity contribution in [1.82, 2.24) is 15.5 Å². The van der Waals surface area contributed by atoms with Crippen LogP contribution in [-0.4, -0.2) is 75.9 Å². The number of guanidine groups is 1. The summed E-state index contributed by atoms with van der Waals surface area (Å²) in [5.74, 6) is 1.91. The van der Waals surface area contributed by atoms with Crippen molar-refractivity contribution in [2.24, 2.45) is 4.99 Å². The van der Waals surface area contributed by atoms with Gasteiger partial charge in [0.05, 0.1) is 19.5 Å². The van der Waals surface area contributed by atoms with Crippen molar-refractivity contribution >= 4 is 11.6 Å². The number of anilines is 1. The molecule has 3 heterocycles. The van der Waals surface area contributed by atoms with Gasteiger partial charge in [0.2, 0.25) is 0 Å². The minimum atomic E-state index is 0.398. The highest BCUT2D eigenvalue weighted by Crippen LogP contribution is 2.19. The number of rotatable bonds is 9. The van der Waals surface area contributed by atoms with Gasteiger partial charge in [-0.15, -0.1) is 0 Å². The van der Waals surface area contributed by atoms with Crippen LogP contribution in [0.15, 0.2) is 58.1 Å². The standard InChI is InChI=1S/C24H35N5O2/c1-2-6-22(7-3-1)29-14-10-21(20-29)27-24(26-12-9-23-8-4-17-31-23)25-11-5-13-28-15-18-30-19-16-28/h1-4,6-8,17,21H,5,9-16,18-20H2,(H2,25,26,27). The monoisotopic (exact) mass is 425 g/mol. The summed E-state index contributed by atoms with van der Waals surface area (Å²) in [5, 5.41) is 7.17. The Morgan fingerprint density at radius 1 is 1.06 bits per heavy atom. The minimum Gasteiger partial charge on any atom is -0.469 e. The van der Waals surface area contributed by atoms with E-state index in [0.717, 1.165) is 90.0 Å². The molecule has 1 aromatic heterocycles. The molecule has 31 heavy (non-hydrogen) atoms. The topological polar surface area (TPSA) is 65.3 Å². The van der Waals surface area contributed by atoms with Gasteiger partial charge in [-0.3, -0.25) is 9.89 Å². The summed E-state index contributed by atoms with van der Waals surface area (Å²) in [4.78, 5) is 9.78. The molecular weight excluding hydrogens is 390 g/mol. The molecule has 0 bridgehead atoms. The third-order valence-corrected chi connectivity index (χ3v) is 5.90. The van der Waals surface area contributed by atoms with Crippen molar-refractivity contribution in [2.75, 3.05) is 63.9 Å². The Labute approximate surface area is 185 Å². The molecule has 7 nitrogen and oxygen atoms in total. The molecule has 0 aliphatic carbocycles. The summed E-state index contributed by atoms with van der Waals surface area (Å²) in [5.41, 5.74) is 1.29. The quantitative estimate of drug-likeness (QED) is 0.365. The summed E-state index contributed by atoms with van der Waals surface area (Å²) in [6.45, 7) is 8.54. The molecule has 2 N–H and O–H groups in total. The minimum absolute atomic E-state index is 0.398. The van der Waals surface area contributed by atoms with Crippen molar-refractivity contribution < 1.29 is 9.15 Å². The van der Waals surface area contributed by atoms with Crippen LogP contribution in [0.25, 0.3) is 0 Å². The Kier molecular flexibility index (Phi) is 8.24. The molecule has 0 saturated carbocycles. The van der Waals surface area contributed by atoms with Gasteiger partial charge < -0.3 is 24.7 Å². The van der Waals surface area contributed by atoms with Crippen molar-refractivity contribution in [3.63, 3.8) is 0 Å². The average molecular weight is 426 g/mol. The van der Waals surface area contributed by atoms with Crippen LogP contribution in [0.2, 0.25) is 0 Å². The third kappa shape index (κ3) is 7.01. The van der Waals surface area contributed by atoms with E-state index in [1.165, 1.54) is 5.69 Å². The maximum absolute atomic E-state index is 5.45. The number of hydrogen-bond acceptors (Lipinski definition) is 5. The molecule has 2 aliphatic rings. The van der Waals surface area contributed by atoms with Crippen molar-refractivity contribution in [1.29, 1.82) is 0 Å². The fourth-order valence-electron chi connectivity index (χ4n) is 4.17. The zero-order valence-electron chi connectivity index (χ0n) is 18.3. The van der Waals surface area contributed by atoms with Crippen LogP contribution in [0.4, 0.5) is 5.69 Å². The molecule has 1 atom stereocenters. The lowest BCUT2D eigenvalue weighted by molar-refractivity contribution is 0.0377. The highest BCUT2D eigenvalue weighted by Gasteiger charge is 2.23. The number of hydrogen-bond donors (Lipinski definition) is 2. The molecule has 0 amide bonds. The Hall–Kier alpha value is -2.51. The van der Waals surface area contributed by atoms with Crippen molar-refractivity contribution in [3.05, 3.63) is 54.5 Å². The number of aliphatic imine (C=N–C) groups is 1. The summed E-state index contributed by atoms with van der Waals surface area (Å²) in [7, 11) is 0. The maximum atomic E-state index is 5.45. The van der Waals surface area contributed by atoms with E-state index in [-0.39, 0.29) is 0 Å². The average Bonchev–Trinajstić information content (AvgIpc) is 3.50. The zero-order chi connectivity index (χ0) is 21.1. The lowest BCUT2D eigenvalue weighted by Crippen LogP contribution is -2.45. The van der Waals surface area contributed by atoms with Gasteiger partial charge in [-0.2, -0.15) is 0 Å². The van der Waals surface area contributed by atoms with Crippen LogP contribution in [0.1, 0.15) is 18.6 Å². The van der Waals surface area contributed by atoms with E-state index < -0.39 is 0 Å². The van der Waals surface area contributed by atoms with Crippen molar-refractivity contribution in [3.8, 4) is 0 Å². The summed E-state index contributed by atoms with van der Waals surface area (Å²) >= 11 is 0. The Morgan fingerprint density at radius 3 is 2.74 bits per heavy atom. The second kappa shape index (κ2) is 11.8. The predicted molar refractivity (Wildman–Crippen MR) is 125 cm³/mol. The predicted octanol–water partition coefficient (Wildman–Crippen LogP) is 2.36. The molecule has 2 aromatic rings. The Bertz CT molecular complexity index is 775. The fourth-order valence-corrected chi connectivity index (χ4v) is 4.17. The first-order valence-electron chi connectivity index (χ1n) is 11.5. The highest BCUT2D eigenvalue weighted by molar-refractivity contribution is 5.80. The van der Waals surface area contributed by atoms with Crippen LogP contribution in [0, 0.1) is 0 Å². The summed E-state index contributed by atoms with van der Waals surface area (Å²) in [6, 6.07) is 15.0. The first-order valence-corrected chi connectivity index (χ1v) is 11.5. The first kappa shape index (κ1) is 21.7. The molecule has 168 valence electrons. The highest BCUT2D eigenvalue weighted by atomic mass is 16.5. The van der Waals surface area contributed by atoms with Gasteiger partial charge in [0, 0.05) is 64.0 Å². The van der Waals surface area contributed by atoms with Crippen LogP contribution in [0.3, 0.4) is 0 Å². The molecule has 1 aromatic carbocycles. The molecule has 2 aliphatic heterocycles. The van der Waals surface area contributed by atoms with Crippen LogP contribution < -0.4 is 15.5 Å². The number of furan rings is 1. The van der Waals surface area contributed by atoms with Gasteiger partial charge in [-0.1, -0.05) is 18.2 Å². The molecule has 7 heteroatoms. The van der Waals surface area contributed by atoms with E-state index in [0.29, 0.717) is 6.04 Å². The van der Waals surface area contributed by atoms with Gasteiger partial charge in [-0.05, 0) is 37.1 Å². The number of ether oxygens (including phenoxy) is 1. The molecule has 2 saturated heterocycles. The van der Waals surface area contributed by atoms with Gasteiger partial charge in [0.15, 0.2) is 5.96 Å². The molecular formula is C24H35N5O2. The van der Waals surface area contributed by atoms with Crippen LogP contribution >= 0.6 is 0 Å². The Balaban J connectivity index is 1.27. The fraction of sp³-hybridized carbons (Fsp3) is 0.542. The number of nitrogens with zero attached hydrogens (tertiary/aromatic N) is 3. The second-order valence-corrected chi connectivity index (χ2v) is 8.21. The van der Waals surface area contributed by atoms with E-state index >= 15 is 0 Å². The largest absolute Gasteiger partial charge is 0.469 e. The number of para-hydroxylation sites is 1. The Morgan fingerprint density at radius 2 is 1.94 bits per heavy atom. The lowest BCUT2D eigenvalue weighted by Gasteiger charge is -2.26. The molecule has 0 spiro atoms. The van der Waals surface area contributed by atoms with Crippen LogP contribution in [0.5, 0.6) is 0 Å². The number of nitrogens with one attached hydrogen (secondary N) is 2. The van der Waals surface area contributed by atoms with Gasteiger partial charge in [0.1, 0.15) is 5.76 Å². The number of morpholine rings is 1. The van der Waals surface area contributed by atoms with Crippen LogP contribution in [-0.2, 0) is 11.2 Å². The zero-order valence-corrected chi connectivity index (χ0v) is 18.3. The molecule has 4 rings (SSSR count). The second-order valence-electron chi connectivity index (χ2n) is 8.21. The number of benzene rings is 1.